The summed E-state index contributed by atoms with van der Waals surface area (Å²) in [5, 5.41) is 15.8. The fourth-order valence-electron chi connectivity index (χ4n) is 8.14. The van der Waals surface area contributed by atoms with Crippen molar-refractivity contribution in [1.29, 1.82) is 0 Å². The second-order valence-corrected chi connectivity index (χ2v) is 14.9. The Morgan fingerprint density at radius 2 is 0.896 bits per heavy atom. The first-order chi connectivity index (χ1) is 23.8. The standard InChI is InChI=1S/C46H26S2/c1-2-13-29-25-30(22-21-27(29)11-1)41-32-15-5-7-17-34(32)42(35-18-8-6-16-33(35)41)38-26-40-43(36-19-9-10-20-39(36)47-40)44-37-24-23-28-12-3-4-14-31(28)45(37)48-46(38)44/h1-26H. The van der Waals surface area contributed by atoms with E-state index in [1.54, 1.807) is 0 Å². The first-order valence-electron chi connectivity index (χ1n) is 16.4. The number of hydrogen-bond donors (Lipinski definition) is 0. The van der Waals surface area contributed by atoms with E-state index in [1.165, 1.54) is 106 Å². The van der Waals surface area contributed by atoms with Gasteiger partial charge in [-0.2, -0.15) is 0 Å². The molecule has 0 amide bonds. The van der Waals surface area contributed by atoms with Crippen molar-refractivity contribution < 1.29 is 0 Å². The van der Waals surface area contributed by atoms with Gasteiger partial charge in [-0.3, -0.25) is 0 Å². The van der Waals surface area contributed by atoms with Crippen molar-refractivity contribution in [2.75, 3.05) is 0 Å². The van der Waals surface area contributed by atoms with E-state index in [1.807, 2.05) is 22.7 Å². The van der Waals surface area contributed by atoms with Crippen molar-refractivity contribution >= 4 is 106 Å². The Balaban J connectivity index is 1.34. The highest BCUT2D eigenvalue weighted by Gasteiger charge is 2.23. The zero-order valence-electron chi connectivity index (χ0n) is 25.8. The first-order valence-corrected chi connectivity index (χ1v) is 18.1. The Labute approximate surface area is 284 Å². The number of fused-ring (bicyclic) bond motifs is 12. The number of hydrogen-bond acceptors (Lipinski definition) is 2. The molecule has 0 radical (unpaired) electrons. The predicted molar refractivity (Wildman–Crippen MR) is 213 cm³/mol. The van der Waals surface area contributed by atoms with E-state index < -0.39 is 0 Å². The van der Waals surface area contributed by atoms with Crippen LogP contribution in [0.5, 0.6) is 0 Å². The maximum atomic E-state index is 2.50. The van der Waals surface area contributed by atoms with Crippen molar-refractivity contribution in [3.63, 3.8) is 0 Å². The summed E-state index contributed by atoms with van der Waals surface area (Å²) in [6, 6.07) is 58.7. The summed E-state index contributed by atoms with van der Waals surface area (Å²) >= 11 is 3.88. The molecule has 0 atom stereocenters. The van der Waals surface area contributed by atoms with Crippen LogP contribution in [0, 0.1) is 0 Å². The number of benzene rings is 9. The molecule has 2 heteroatoms. The smallest absolute Gasteiger partial charge is 0.0441 e. The molecule has 11 rings (SSSR count). The lowest BCUT2D eigenvalue weighted by Crippen LogP contribution is -1.91. The van der Waals surface area contributed by atoms with E-state index in [0.29, 0.717) is 0 Å². The van der Waals surface area contributed by atoms with Crippen LogP contribution in [0.15, 0.2) is 158 Å². The molecule has 0 aliphatic heterocycles. The summed E-state index contributed by atoms with van der Waals surface area (Å²) in [7, 11) is 0. The van der Waals surface area contributed by atoms with Gasteiger partial charge in [0.2, 0.25) is 0 Å². The molecule has 0 bridgehead atoms. The third kappa shape index (κ3) is 3.65. The zero-order valence-corrected chi connectivity index (χ0v) is 27.5. The third-order valence-electron chi connectivity index (χ3n) is 10.2. The van der Waals surface area contributed by atoms with Gasteiger partial charge in [0.1, 0.15) is 0 Å². The Morgan fingerprint density at radius 3 is 1.65 bits per heavy atom. The van der Waals surface area contributed by atoms with Crippen LogP contribution >= 0.6 is 22.7 Å². The molecule has 11 aromatic rings. The van der Waals surface area contributed by atoms with Crippen molar-refractivity contribution in [1.82, 2.24) is 0 Å². The van der Waals surface area contributed by atoms with Crippen LogP contribution in [0.25, 0.3) is 106 Å². The predicted octanol–water partition coefficient (Wildman–Crippen LogP) is 14.4. The minimum absolute atomic E-state index is 1.26. The maximum Gasteiger partial charge on any atom is 0.0441 e. The van der Waals surface area contributed by atoms with Crippen LogP contribution in [0.3, 0.4) is 0 Å². The molecule has 0 N–H and O–H groups in total. The van der Waals surface area contributed by atoms with Crippen molar-refractivity contribution in [3.8, 4) is 22.3 Å². The van der Waals surface area contributed by atoms with E-state index in [4.69, 9.17) is 0 Å². The number of thiophene rings is 2. The molecule has 0 saturated carbocycles. The lowest BCUT2D eigenvalue weighted by atomic mass is 9.85. The molecule has 0 saturated heterocycles. The van der Waals surface area contributed by atoms with Crippen molar-refractivity contribution in [2.24, 2.45) is 0 Å². The molecule has 0 aliphatic carbocycles. The van der Waals surface area contributed by atoms with Crippen LogP contribution < -0.4 is 0 Å². The second kappa shape index (κ2) is 9.98. The van der Waals surface area contributed by atoms with E-state index in [-0.39, 0.29) is 0 Å². The van der Waals surface area contributed by atoms with Crippen LogP contribution in [0.1, 0.15) is 0 Å². The quantitative estimate of drug-likeness (QED) is 0.165. The average molecular weight is 643 g/mol. The Hall–Kier alpha value is -5.54. The van der Waals surface area contributed by atoms with E-state index >= 15 is 0 Å². The lowest BCUT2D eigenvalue weighted by molar-refractivity contribution is 1.70. The normalized spacial score (nSPS) is 12.2. The maximum absolute atomic E-state index is 2.50. The molecule has 0 aliphatic rings. The summed E-state index contributed by atoms with van der Waals surface area (Å²) in [5.74, 6) is 0. The molecule has 0 fully saturated rings. The molecular formula is C46H26S2. The second-order valence-electron chi connectivity index (χ2n) is 12.8. The van der Waals surface area contributed by atoms with Gasteiger partial charge in [-0.1, -0.05) is 140 Å². The minimum atomic E-state index is 1.26. The largest absolute Gasteiger partial charge is 0.135 e. The molecule has 0 spiro atoms. The third-order valence-corrected chi connectivity index (χ3v) is 12.6. The molecule has 48 heavy (non-hydrogen) atoms. The van der Waals surface area contributed by atoms with Gasteiger partial charge >= 0.3 is 0 Å². The summed E-state index contributed by atoms with van der Waals surface area (Å²) in [5.41, 5.74) is 5.21. The van der Waals surface area contributed by atoms with Gasteiger partial charge in [-0.25, -0.2) is 0 Å². The van der Waals surface area contributed by atoms with E-state index in [0.717, 1.165) is 0 Å². The monoisotopic (exact) mass is 642 g/mol. The van der Waals surface area contributed by atoms with Gasteiger partial charge in [0.15, 0.2) is 0 Å². The van der Waals surface area contributed by atoms with Crippen LogP contribution in [0.4, 0.5) is 0 Å². The highest BCUT2D eigenvalue weighted by molar-refractivity contribution is 7.29. The van der Waals surface area contributed by atoms with Gasteiger partial charge in [-0.15, -0.1) is 22.7 Å². The zero-order chi connectivity index (χ0) is 31.3. The van der Waals surface area contributed by atoms with Crippen molar-refractivity contribution in [2.45, 2.75) is 0 Å². The Bertz CT molecular complexity index is 3060. The van der Waals surface area contributed by atoms with Crippen molar-refractivity contribution in [3.05, 3.63) is 158 Å². The molecular weight excluding hydrogens is 617 g/mol. The Kier molecular flexibility index (Phi) is 5.51. The average Bonchev–Trinajstić information content (AvgIpc) is 3.72. The molecule has 222 valence electrons. The van der Waals surface area contributed by atoms with E-state index in [2.05, 4.69) is 158 Å². The minimum Gasteiger partial charge on any atom is -0.135 e. The topological polar surface area (TPSA) is 0 Å². The Morgan fingerprint density at radius 1 is 0.312 bits per heavy atom. The molecule has 2 aromatic heterocycles. The molecule has 0 unspecified atom stereocenters. The van der Waals surface area contributed by atoms with Gasteiger partial charge in [0, 0.05) is 45.9 Å². The lowest BCUT2D eigenvalue weighted by Gasteiger charge is -2.18. The summed E-state index contributed by atoms with van der Waals surface area (Å²) < 4.78 is 5.42. The highest BCUT2D eigenvalue weighted by Crippen LogP contribution is 2.53. The fourth-order valence-corrected chi connectivity index (χ4v) is 10.7. The van der Waals surface area contributed by atoms with Crippen LogP contribution in [0.2, 0.25) is 0 Å². The van der Waals surface area contributed by atoms with Gasteiger partial charge < -0.3 is 0 Å². The van der Waals surface area contributed by atoms with Crippen LogP contribution in [-0.2, 0) is 0 Å². The summed E-state index contributed by atoms with van der Waals surface area (Å²) in [6.07, 6.45) is 0. The first kappa shape index (κ1) is 26.5. The van der Waals surface area contributed by atoms with E-state index in [9.17, 15) is 0 Å². The molecule has 2 heterocycles. The highest BCUT2D eigenvalue weighted by atomic mass is 32.1. The number of rotatable bonds is 2. The van der Waals surface area contributed by atoms with Gasteiger partial charge in [0.25, 0.3) is 0 Å². The molecule has 9 aromatic carbocycles. The van der Waals surface area contributed by atoms with Gasteiger partial charge in [0.05, 0.1) is 0 Å². The summed E-state index contributed by atoms with van der Waals surface area (Å²) in [4.78, 5) is 0. The van der Waals surface area contributed by atoms with Crippen LogP contribution in [-0.4, -0.2) is 0 Å². The van der Waals surface area contributed by atoms with Gasteiger partial charge in [-0.05, 0) is 78.0 Å². The fraction of sp³-hybridized carbons (Fsp3) is 0. The SMILES string of the molecule is c1ccc2cc(-c3c4ccccc4c(-c4cc5sc6ccccc6c5c5c4sc4c6ccccc6ccc45)c4ccccc34)ccc2c1. The summed E-state index contributed by atoms with van der Waals surface area (Å²) in [6.45, 7) is 0. The molecule has 0 nitrogen and oxygen atoms in total.